The summed E-state index contributed by atoms with van der Waals surface area (Å²) in [4.78, 5) is 0. The predicted molar refractivity (Wildman–Crippen MR) is 87.5 cm³/mol. The fraction of sp³-hybridized carbons (Fsp3) is 0.250. The number of fused-ring (bicyclic) bond motifs is 3. The number of rotatable bonds is 4. The van der Waals surface area contributed by atoms with Crippen molar-refractivity contribution in [2.75, 3.05) is 5.33 Å². The second-order valence-corrected chi connectivity index (χ2v) is 5.96. The molecule has 0 N–H and O–H groups in total. The lowest BCUT2D eigenvalue weighted by Gasteiger charge is -2.06. The van der Waals surface area contributed by atoms with Gasteiger partial charge < -0.3 is 4.57 Å². The van der Waals surface area contributed by atoms with Crippen molar-refractivity contribution in [3.63, 3.8) is 0 Å². The average Bonchev–Trinajstić information content (AvgIpc) is 2.73. The molecule has 19 heavy (non-hydrogen) atoms. The highest BCUT2D eigenvalue weighted by molar-refractivity contribution is 9.09. The highest BCUT2D eigenvalue weighted by Crippen LogP contribution is 2.31. The molecule has 3 aromatic rings. The standard InChI is InChI=1S/C16H15BrClN/c17-9-3-4-10-19-15-6-2-1-5-13(15)14-11-12(18)7-8-16(14)19/h1-2,5-8,11H,3-4,9-10H2. The van der Waals surface area contributed by atoms with Crippen molar-refractivity contribution < 1.29 is 0 Å². The van der Waals surface area contributed by atoms with Gasteiger partial charge in [-0.15, -0.1) is 0 Å². The third kappa shape index (κ3) is 2.39. The maximum Gasteiger partial charge on any atom is 0.0492 e. The van der Waals surface area contributed by atoms with Crippen molar-refractivity contribution >= 4 is 49.3 Å². The van der Waals surface area contributed by atoms with E-state index in [1.165, 1.54) is 34.6 Å². The van der Waals surface area contributed by atoms with E-state index < -0.39 is 0 Å². The van der Waals surface area contributed by atoms with Crippen LogP contribution in [0.25, 0.3) is 21.8 Å². The molecular weight excluding hydrogens is 322 g/mol. The Morgan fingerprint density at radius 3 is 2.58 bits per heavy atom. The van der Waals surface area contributed by atoms with Gasteiger partial charge in [0.1, 0.15) is 0 Å². The predicted octanol–water partition coefficient (Wildman–Crippen LogP) is 5.62. The summed E-state index contributed by atoms with van der Waals surface area (Å²) in [5, 5.41) is 4.41. The van der Waals surface area contributed by atoms with Gasteiger partial charge in [0.2, 0.25) is 0 Å². The minimum Gasteiger partial charge on any atom is -0.340 e. The van der Waals surface area contributed by atoms with Gasteiger partial charge in [0.15, 0.2) is 0 Å². The number of alkyl halides is 1. The molecule has 3 rings (SSSR count). The molecule has 1 heterocycles. The summed E-state index contributed by atoms with van der Waals surface area (Å²) in [6.45, 7) is 1.05. The average molecular weight is 337 g/mol. The molecule has 0 aliphatic heterocycles. The number of nitrogens with zero attached hydrogens (tertiary/aromatic N) is 1. The number of aromatic nitrogens is 1. The summed E-state index contributed by atoms with van der Waals surface area (Å²) in [5.74, 6) is 0. The highest BCUT2D eigenvalue weighted by atomic mass is 79.9. The van der Waals surface area contributed by atoms with Crippen molar-refractivity contribution in [1.29, 1.82) is 0 Å². The first kappa shape index (κ1) is 13.0. The van der Waals surface area contributed by atoms with Crippen molar-refractivity contribution in [1.82, 2.24) is 4.57 Å². The Hall–Kier alpha value is -0.990. The first-order valence-corrected chi connectivity index (χ1v) is 8.03. The zero-order valence-corrected chi connectivity index (χ0v) is 12.9. The SMILES string of the molecule is Clc1ccc2c(c1)c1ccccc1n2CCCCBr. The molecule has 0 fully saturated rings. The maximum atomic E-state index is 6.14. The van der Waals surface area contributed by atoms with Gasteiger partial charge in [-0.3, -0.25) is 0 Å². The van der Waals surface area contributed by atoms with Crippen molar-refractivity contribution in [2.24, 2.45) is 0 Å². The van der Waals surface area contributed by atoms with Crippen LogP contribution in [-0.4, -0.2) is 9.90 Å². The van der Waals surface area contributed by atoms with Gasteiger partial charge in [0.05, 0.1) is 0 Å². The van der Waals surface area contributed by atoms with E-state index in [9.17, 15) is 0 Å². The van der Waals surface area contributed by atoms with Crippen LogP contribution in [0.4, 0.5) is 0 Å². The first-order chi connectivity index (χ1) is 9.31. The minimum absolute atomic E-state index is 0.802. The van der Waals surface area contributed by atoms with Gasteiger partial charge in [-0.05, 0) is 37.1 Å². The summed E-state index contributed by atoms with van der Waals surface area (Å²) in [6.07, 6.45) is 2.38. The molecule has 0 unspecified atom stereocenters. The van der Waals surface area contributed by atoms with E-state index in [0.717, 1.165) is 16.9 Å². The lowest BCUT2D eigenvalue weighted by atomic mass is 10.2. The van der Waals surface area contributed by atoms with Gasteiger partial charge in [-0.1, -0.05) is 45.7 Å². The molecule has 98 valence electrons. The van der Waals surface area contributed by atoms with Crippen molar-refractivity contribution in [3.8, 4) is 0 Å². The summed E-state index contributed by atoms with van der Waals surface area (Å²) in [5.41, 5.74) is 2.58. The number of hydrogen-bond acceptors (Lipinski definition) is 0. The fourth-order valence-corrected chi connectivity index (χ4v) is 3.20. The largest absolute Gasteiger partial charge is 0.340 e. The van der Waals surface area contributed by atoms with Crippen molar-refractivity contribution in [2.45, 2.75) is 19.4 Å². The Morgan fingerprint density at radius 1 is 0.947 bits per heavy atom. The minimum atomic E-state index is 0.802. The van der Waals surface area contributed by atoms with Gasteiger partial charge in [0.25, 0.3) is 0 Å². The molecule has 1 nitrogen and oxygen atoms in total. The van der Waals surface area contributed by atoms with Crippen LogP contribution in [0.1, 0.15) is 12.8 Å². The summed E-state index contributed by atoms with van der Waals surface area (Å²) >= 11 is 9.64. The van der Waals surface area contributed by atoms with Crippen molar-refractivity contribution in [3.05, 3.63) is 47.5 Å². The fourth-order valence-electron chi connectivity index (χ4n) is 2.63. The molecule has 0 amide bonds. The monoisotopic (exact) mass is 335 g/mol. The molecule has 3 heteroatoms. The van der Waals surface area contributed by atoms with Crippen LogP contribution in [0, 0.1) is 0 Å². The first-order valence-electron chi connectivity index (χ1n) is 6.54. The van der Waals surface area contributed by atoms with Gasteiger partial charge in [-0.2, -0.15) is 0 Å². The molecule has 0 radical (unpaired) electrons. The van der Waals surface area contributed by atoms with E-state index in [0.29, 0.717) is 0 Å². The molecule has 0 saturated heterocycles. The van der Waals surface area contributed by atoms with E-state index in [2.05, 4.69) is 56.9 Å². The van der Waals surface area contributed by atoms with Crippen LogP contribution in [-0.2, 0) is 6.54 Å². The van der Waals surface area contributed by atoms with E-state index in [1.807, 2.05) is 6.07 Å². The highest BCUT2D eigenvalue weighted by Gasteiger charge is 2.09. The molecule has 0 saturated carbocycles. The number of unbranched alkanes of at least 4 members (excludes halogenated alkanes) is 1. The Balaban J connectivity index is 2.21. The van der Waals surface area contributed by atoms with E-state index >= 15 is 0 Å². The van der Waals surface area contributed by atoms with Gasteiger partial charge >= 0.3 is 0 Å². The molecule has 0 aliphatic carbocycles. The van der Waals surface area contributed by atoms with E-state index in [4.69, 9.17) is 11.6 Å². The Kier molecular flexibility index (Phi) is 3.81. The van der Waals surface area contributed by atoms with Gasteiger partial charge in [-0.25, -0.2) is 0 Å². The molecular formula is C16H15BrClN. The normalized spacial score (nSPS) is 11.5. The quantitative estimate of drug-likeness (QED) is 0.430. The number of benzene rings is 2. The third-order valence-electron chi connectivity index (χ3n) is 3.50. The zero-order chi connectivity index (χ0) is 13.2. The summed E-state index contributed by atoms with van der Waals surface area (Å²) < 4.78 is 2.41. The van der Waals surface area contributed by atoms with Crippen LogP contribution < -0.4 is 0 Å². The van der Waals surface area contributed by atoms with E-state index in [-0.39, 0.29) is 0 Å². The van der Waals surface area contributed by atoms with Crippen LogP contribution >= 0.6 is 27.5 Å². The van der Waals surface area contributed by atoms with Crippen LogP contribution in [0.5, 0.6) is 0 Å². The molecule has 0 bridgehead atoms. The zero-order valence-electron chi connectivity index (χ0n) is 10.6. The summed E-state index contributed by atoms with van der Waals surface area (Å²) in [6, 6.07) is 14.7. The third-order valence-corrected chi connectivity index (χ3v) is 4.30. The van der Waals surface area contributed by atoms with Crippen LogP contribution in [0.3, 0.4) is 0 Å². The lowest BCUT2D eigenvalue weighted by molar-refractivity contribution is 0.670. The second kappa shape index (κ2) is 5.56. The van der Waals surface area contributed by atoms with Crippen LogP contribution in [0.2, 0.25) is 5.02 Å². The molecule has 0 atom stereocenters. The second-order valence-electron chi connectivity index (χ2n) is 4.73. The Morgan fingerprint density at radius 2 is 1.74 bits per heavy atom. The molecule has 0 aliphatic rings. The number of halogens is 2. The number of hydrogen-bond donors (Lipinski definition) is 0. The smallest absolute Gasteiger partial charge is 0.0492 e. The number of para-hydroxylation sites is 1. The maximum absolute atomic E-state index is 6.14. The lowest BCUT2D eigenvalue weighted by Crippen LogP contribution is -1.97. The molecule has 1 aromatic heterocycles. The van der Waals surface area contributed by atoms with E-state index in [1.54, 1.807) is 0 Å². The summed E-state index contributed by atoms with van der Waals surface area (Å²) in [7, 11) is 0. The number of aryl methyl sites for hydroxylation is 1. The van der Waals surface area contributed by atoms with Crippen LogP contribution in [0.15, 0.2) is 42.5 Å². The topological polar surface area (TPSA) is 4.93 Å². The van der Waals surface area contributed by atoms with Gasteiger partial charge in [0, 0.05) is 38.7 Å². The Bertz CT molecular complexity index is 717. The Labute approximate surface area is 126 Å². The molecule has 0 spiro atoms. The molecule has 2 aromatic carbocycles.